The molecule has 0 radical (unpaired) electrons. The maximum absolute atomic E-state index is 10.5. The molecule has 2 heterocycles. The fourth-order valence-corrected chi connectivity index (χ4v) is 1.15. The molecule has 104 valence electrons. The van der Waals surface area contributed by atoms with Crippen LogP contribution in [0.1, 0.15) is 0 Å². The molecule has 0 aromatic rings. The average molecular weight is 308 g/mol. The summed E-state index contributed by atoms with van der Waals surface area (Å²) in [6.07, 6.45) is 2.33. The number of cyclic esters (lactones) is 2. The molecule has 0 aromatic heterocycles. The van der Waals surface area contributed by atoms with Crippen LogP contribution >= 0.6 is 0 Å². The maximum atomic E-state index is 10.5. The van der Waals surface area contributed by atoms with Gasteiger partial charge >= 0.3 is 49.7 Å². The second-order valence-corrected chi connectivity index (χ2v) is 3.20. The molecule has 20 heavy (non-hydrogen) atoms. The number of carbonyl (C=O) groups excluding carboxylic acids is 2. The van der Waals surface area contributed by atoms with Gasteiger partial charge in [0.25, 0.3) is 0 Å². The summed E-state index contributed by atoms with van der Waals surface area (Å²) in [6.45, 7) is 6.64. The van der Waals surface area contributed by atoms with Gasteiger partial charge in [0.15, 0.2) is 0 Å². The predicted molar refractivity (Wildman–Crippen MR) is 65.7 cm³/mol. The van der Waals surface area contributed by atoms with Crippen molar-refractivity contribution in [3.63, 3.8) is 0 Å². The molecule has 2 rings (SSSR count). The van der Waals surface area contributed by atoms with Crippen molar-refractivity contribution in [3.8, 4) is 0 Å². The van der Waals surface area contributed by atoms with E-state index in [0.29, 0.717) is 0 Å². The molecule has 0 amide bonds. The summed E-state index contributed by atoms with van der Waals surface area (Å²) in [5, 5.41) is 20.7. The molecule has 7 nitrogen and oxygen atoms in total. The van der Waals surface area contributed by atoms with Gasteiger partial charge in [-0.2, -0.15) is 0 Å². The van der Waals surface area contributed by atoms with Crippen molar-refractivity contribution in [3.05, 3.63) is 48.6 Å². The quantitative estimate of drug-likeness (QED) is 0.408. The van der Waals surface area contributed by atoms with Crippen molar-refractivity contribution < 1.29 is 34.8 Å². The zero-order valence-electron chi connectivity index (χ0n) is 10.5. The van der Waals surface area contributed by atoms with Crippen molar-refractivity contribution in [1.29, 1.82) is 0 Å². The van der Waals surface area contributed by atoms with Crippen LogP contribution in [0.25, 0.3) is 0 Å². The van der Waals surface area contributed by atoms with Gasteiger partial charge in [-0.3, -0.25) is 0 Å². The standard InChI is InChI=1S/2C6H5O3.Ca.H2O/c2*1-2-4-3-5(7)9-6(4)8;;/h2*2-3,5H,1H2;;1H2/q2*-1;+2;. The number of hydrogen-bond donors (Lipinski definition) is 0. The number of esters is 2. The van der Waals surface area contributed by atoms with Gasteiger partial charge in [-0.25, -0.2) is 9.59 Å². The molecule has 0 fully saturated rings. The van der Waals surface area contributed by atoms with E-state index in [9.17, 15) is 19.8 Å². The number of ether oxygens (including phenoxy) is 2. The van der Waals surface area contributed by atoms with Gasteiger partial charge in [-0.1, -0.05) is 25.3 Å². The number of rotatable bonds is 2. The number of hydrogen-bond acceptors (Lipinski definition) is 6. The van der Waals surface area contributed by atoms with E-state index in [-0.39, 0.29) is 54.4 Å². The van der Waals surface area contributed by atoms with E-state index in [1.54, 1.807) is 0 Å². The van der Waals surface area contributed by atoms with Crippen molar-refractivity contribution in [2.24, 2.45) is 0 Å². The topological polar surface area (TPSA) is 130 Å². The molecule has 0 saturated heterocycles. The first-order valence-electron chi connectivity index (χ1n) is 4.90. The van der Waals surface area contributed by atoms with Gasteiger partial charge in [-0.05, 0) is 12.2 Å². The minimum absolute atomic E-state index is 0. The molecular weight excluding hydrogens is 296 g/mol. The minimum atomic E-state index is -1.33. The predicted octanol–water partition coefficient (Wildman–Crippen LogP) is -2.52. The van der Waals surface area contributed by atoms with Crippen LogP contribution < -0.4 is 10.2 Å². The second-order valence-electron chi connectivity index (χ2n) is 3.20. The summed E-state index contributed by atoms with van der Waals surface area (Å²) in [5.74, 6) is -1.16. The third-order valence-corrected chi connectivity index (χ3v) is 1.99. The Morgan fingerprint density at radius 3 is 1.35 bits per heavy atom. The van der Waals surface area contributed by atoms with Crippen molar-refractivity contribution in [2.45, 2.75) is 12.6 Å². The van der Waals surface area contributed by atoms with E-state index in [0.717, 1.165) is 0 Å². The maximum Gasteiger partial charge on any atom is 2.00 e. The van der Waals surface area contributed by atoms with Gasteiger partial charge in [-0.15, -0.1) is 0 Å². The first-order chi connectivity index (χ1) is 8.47. The number of carbonyl (C=O) groups is 2. The Balaban J connectivity index is 0. The monoisotopic (exact) mass is 308 g/mol. The van der Waals surface area contributed by atoms with Gasteiger partial charge in [0, 0.05) is 0 Å². The average Bonchev–Trinajstić information content (AvgIpc) is 2.81. The molecule has 0 spiro atoms. The van der Waals surface area contributed by atoms with E-state index in [4.69, 9.17) is 0 Å². The molecule has 2 aliphatic heterocycles. The molecule has 2 N–H and O–H groups in total. The Hall–Kier alpha value is -0.960. The van der Waals surface area contributed by atoms with Crippen LogP contribution in [-0.4, -0.2) is 67.7 Å². The largest absolute Gasteiger partial charge is 2.00 e. The van der Waals surface area contributed by atoms with E-state index in [1.165, 1.54) is 24.3 Å². The Morgan fingerprint density at radius 1 is 0.950 bits per heavy atom. The van der Waals surface area contributed by atoms with Gasteiger partial charge in [0.1, 0.15) is 0 Å². The van der Waals surface area contributed by atoms with E-state index in [1.807, 2.05) is 0 Å². The van der Waals surface area contributed by atoms with Crippen LogP contribution in [0.5, 0.6) is 0 Å². The summed E-state index contributed by atoms with van der Waals surface area (Å²) in [7, 11) is 0. The molecule has 0 aliphatic carbocycles. The molecule has 0 bridgehead atoms. The minimum Gasteiger partial charge on any atom is -0.818 e. The molecule has 8 heteroatoms. The van der Waals surface area contributed by atoms with Crippen LogP contribution in [0.15, 0.2) is 48.6 Å². The van der Waals surface area contributed by atoms with E-state index < -0.39 is 24.5 Å². The summed E-state index contributed by atoms with van der Waals surface area (Å²) in [6, 6.07) is 0. The first-order valence-corrected chi connectivity index (χ1v) is 4.90. The van der Waals surface area contributed by atoms with Crippen LogP contribution in [0.2, 0.25) is 0 Å². The molecule has 2 unspecified atom stereocenters. The summed E-state index contributed by atoms with van der Waals surface area (Å²) in [5.41, 5.74) is 0.519. The van der Waals surface area contributed by atoms with Crippen LogP contribution in [-0.2, 0) is 19.1 Å². The Morgan fingerprint density at radius 2 is 1.25 bits per heavy atom. The van der Waals surface area contributed by atoms with Crippen LogP contribution in [0.3, 0.4) is 0 Å². The molecule has 0 saturated carbocycles. The van der Waals surface area contributed by atoms with Crippen molar-refractivity contribution in [2.75, 3.05) is 0 Å². The molecular formula is C12H12CaO7. The van der Waals surface area contributed by atoms with Gasteiger partial charge in [0.05, 0.1) is 23.7 Å². The van der Waals surface area contributed by atoms with Crippen LogP contribution in [0.4, 0.5) is 0 Å². The summed E-state index contributed by atoms with van der Waals surface area (Å²) in [4.78, 5) is 20.9. The molecule has 2 atom stereocenters. The van der Waals surface area contributed by atoms with Gasteiger partial charge in [0.2, 0.25) is 0 Å². The summed E-state index contributed by atoms with van der Waals surface area (Å²) < 4.78 is 8.41. The fourth-order valence-electron chi connectivity index (χ4n) is 1.15. The SMILES string of the molecule is C=CC1=CC([O-])OC1=O.C=CC1=CC([O-])OC1=O.O.[Ca+2]. The molecule has 0 aromatic carbocycles. The Kier molecular flexibility index (Phi) is 10.5. The first kappa shape index (κ1) is 21.3. The fraction of sp³-hybridized carbons (Fsp3) is 0.167. The van der Waals surface area contributed by atoms with Crippen LogP contribution in [0, 0.1) is 0 Å². The third kappa shape index (κ3) is 6.00. The Bertz CT molecular complexity index is 411. The van der Waals surface area contributed by atoms with E-state index in [2.05, 4.69) is 22.6 Å². The summed E-state index contributed by atoms with van der Waals surface area (Å²) >= 11 is 0. The van der Waals surface area contributed by atoms with E-state index >= 15 is 0 Å². The Labute approximate surface area is 145 Å². The third-order valence-electron chi connectivity index (χ3n) is 1.99. The van der Waals surface area contributed by atoms with Gasteiger partial charge < -0.3 is 25.2 Å². The second kappa shape index (κ2) is 9.87. The normalized spacial score (nSPS) is 22.7. The zero-order chi connectivity index (χ0) is 13.7. The van der Waals surface area contributed by atoms with Crippen molar-refractivity contribution >= 4 is 49.7 Å². The molecule has 2 aliphatic rings. The van der Waals surface area contributed by atoms with Crippen molar-refractivity contribution in [1.82, 2.24) is 0 Å². The zero-order valence-corrected chi connectivity index (χ0v) is 12.7. The smallest absolute Gasteiger partial charge is 0.818 e.